The molecule has 1 saturated heterocycles. The van der Waals surface area contributed by atoms with Crippen LogP contribution in [0.15, 0.2) is 24.3 Å². The number of nitrogens with two attached hydrogens (primary N) is 1. The first-order chi connectivity index (χ1) is 8.99. The zero-order valence-corrected chi connectivity index (χ0v) is 12.6. The van der Waals surface area contributed by atoms with Gasteiger partial charge in [-0.25, -0.2) is 0 Å². The minimum absolute atomic E-state index is 0. The minimum Gasteiger partial charge on any atom is -0.343 e. The maximum absolute atomic E-state index is 12.2. The van der Waals surface area contributed by atoms with E-state index in [4.69, 9.17) is 17.3 Å². The van der Waals surface area contributed by atoms with Crippen molar-refractivity contribution in [1.29, 1.82) is 0 Å². The van der Waals surface area contributed by atoms with Gasteiger partial charge >= 0.3 is 0 Å². The van der Waals surface area contributed by atoms with E-state index in [1.165, 1.54) is 0 Å². The van der Waals surface area contributed by atoms with Gasteiger partial charge in [-0.2, -0.15) is 0 Å². The van der Waals surface area contributed by atoms with Crippen LogP contribution < -0.4 is 16.0 Å². The van der Waals surface area contributed by atoms with Crippen LogP contribution in [0.2, 0.25) is 5.02 Å². The van der Waals surface area contributed by atoms with Gasteiger partial charge in [0.1, 0.15) is 6.04 Å². The molecule has 1 aliphatic heterocycles. The summed E-state index contributed by atoms with van der Waals surface area (Å²) in [5, 5.41) is 3.28. The molecule has 2 atom stereocenters. The molecule has 1 fully saturated rings. The van der Waals surface area contributed by atoms with Crippen LogP contribution in [0, 0.1) is 0 Å². The van der Waals surface area contributed by atoms with Crippen molar-refractivity contribution in [1.82, 2.24) is 5.32 Å². The predicted octanol–water partition coefficient (Wildman–Crippen LogP) is 1.33. The van der Waals surface area contributed by atoms with E-state index in [2.05, 4.69) is 5.32 Å². The third-order valence-corrected chi connectivity index (χ3v) is 3.33. The molecule has 1 aromatic rings. The zero-order chi connectivity index (χ0) is 14.0. The molecule has 1 unspecified atom stereocenters. The highest BCUT2D eigenvalue weighted by atomic mass is 35.5. The van der Waals surface area contributed by atoms with E-state index in [1.807, 2.05) is 0 Å². The summed E-state index contributed by atoms with van der Waals surface area (Å²) in [5.41, 5.74) is 6.25. The number of benzene rings is 1. The number of rotatable bonds is 3. The summed E-state index contributed by atoms with van der Waals surface area (Å²) in [7, 11) is 0. The van der Waals surface area contributed by atoms with Crippen molar-refractivity contribution in [2.24, 2.45) is 5.73 Å². The van der Waals surface area contributed by atoms with Crippen molar-refractivity contribution in [3.63, 3.8) is 0 Å². The molecule has 1 heterocycles. The third kappa shape index (κ3) is 3.62. The van der Waals surface area contributed by atoms with Crippen LogP contribution in [0.25, 0.3) is 0 Å². The largest absolute Gasteiger partial charge is 0.343 e. The molecule has 7 heteroatoms. The van der Waals surface area contributed by atoms with E-state index in [0.717, 1.165) is 5.69 Å². The second kappa shape index (κ2) is 6.92. The van der Waals surface area contributed by atoms with Gasteiger partial charge in [0.05, 0.1) is 6.04 Å². The summed E-state index contributed by atoms with van der Waals surface area (Å²) in [4.78, 5) is 25.3. The average molecular weight is 318 g/mol. The molecule has 20 heavy (non-hydrogen) atoms. The first-order valence-electron chi connectivity index (χ1n) is 6.12. The minimum atomic E-state index is -0.614. The van der Waals surface area contributed by atoms with Crippen molar-refractivity contribution >= 4 is 41.5 Å². The number of halogens is 2. The quantitative estimate of drug-likeness (QED) is 0.883. The molecule has 0 aliphatic carbocycles. The number of amides is 2. The Hall–Kier alpha value is -1.30. The van der Waals surface area contributed by atoms with Crippen molar-refractivity contribution < 1.29 is 9.59 Å². The first-order valence-corrected chi connectivity index (χ1v) is 6.49. The maximum atomic E-state index is 12.2. The fourth-order valence-corrected chi connectivity index (χ4v) is 2.12. The fourth-order valence-electron chi connectivity index (χ4n) is 1.99. The van der Waals surface area contributed by atoms with Gasteiger partial charge in [0.25, 0.3) is 0 Å². The second-order valence-corrected chi connectivity index (χ2v) is 5.04. The maximum Gasteiger partial charge on any atom is 0.249 e. The highest BCUT2D eigenvalue weighted by molar-refractivity contribution is 6.30. The molecule has 5 nitrogen and oxygen atoms in total. The Morgan fingerprint density at radius 2 is 2.05 bits per heavy atom. The van der Waals surface area contributed by atoms with Crippen LogP contribution in [-0.2, 0) is 9.59 Å². The predicted molar refractivity (Wildman–Crippen MR) is 81.3 cm³/mol. The van der Waals surface area contributed by atoms with Crippen LogP contribution >= 0.6 is 24.0 Å². The highest BCUT2D eigenvalue weighted by Gasteiger charge is 2.33. The molecule has 1 aliphatic rings. The van der Waals surface area contributed by atoms with Gasteiger partial charge in [0.2, 0.25) is 11.8 Å². The number of carbonyl (C=O) groups excluding carboxylic acids is 2. The molecule has 0 radical (unpaired) electrons. The van der Waals surface area contributed by atoms with Crippen molar-refractivity contribution in [3.8, 4) is 0 Å². The van der Waals surface area contributed by atoms with Gasteiger partial charge in [-0.05, 0) is 37.6 Å². The van der Waals surface area contributed by atoms with Crippen LogP contribution in [0.3, 0.4) is 0 Å². The van der Waals surface area contributed by atoms with Gasteiger partial charge in [0, 0.05) is 17.3 Å². The molecule has 1 aromatic carbocycles. The molecule has 3 N–H and O–H groups in total. The van der Waals surface area contributed by atoms with Crippen molar-refractivity contribution in [3.05, 3.63) is 29.3 Å². The SMILES string of the molecule is C[C@H](N)C(=O)NC1CCN(c2ccc(Cl)cc2)C1=O.Cl. The Bertz CT molecular complexity index is 491. The van der Waals surface area contributed by atoms with E-state index in [0.29, 0.717) is 18.0 Å². The lowest BCUT2D eigenvalue weighted by Crippen LogP contribution is -2.47. The second-order valence-electron chi connectivity index (χ2n) is 4.60. The van der Waals surface area contributed by atoms with E-state index < -0.39 is 12.1 Å². The van der Waals surface area contributed by atoms with E-state index >= 15 is 0 Å². The summed E-state index contributed by atoms with van der Waals surface area (Å²) in [6, 6.07) is 5.94. The van der Waals surface area contributed by atoms with Gasteiger partial charge in [-0.3, -0.25) is 9.59 Å². The highest BCUT2D eigenvalue weighted by Crippen LogP contribution is 2.23. The molecule has 0 aromatic heterocycles. The lowest BCUT2D eigenvalue weighted by Gasteiger charge is -2.17. The summed E-state index contributed by atoms with van der Waals surface area (Å²) in [6.07, 6.45) is 0.583. The smallest absolute Gasteiger partial charge is 0.249 e. The number of nitrogens with one attached hydrogen (secondary N) is 1. The molecule has 110 valence electrons. The molecule has 0 bridgehead atoms. The number of carbonyl (C=O) groups is 2. The summed E-state index contributed by atoms with van der Waals surface area (Å²) in [6.45, 7) is 2.16. The number of anilines is 1. The lowest BCUT2D eigenvalue weighted by molar-refractivity contribution is -0.127. The van der Waals surface area contributed by atoms with Crippen LogP contribution in [-0.4, -0.2) is 30.4 Å². The Labute approximate surface area is 128 Å². The van der Waals surface area contributed by atoms with E-state index in [9.17, 15) is 9.59 Å². The Morgan fingerprint density at radius 1 is 1.45 bits per heavy atom. The monoisotopic (exact) mass is 317 g/mol. The average Bonchev–Trinajstić information content (AvgIpc) is 2.72. The molecular formula is C13H17Cl2N3O2. The molecule has 0 saturated carbocycles. The summed E-state index contributed by atoms with van der Waals surface area (Å²) >= 11 is 5.81. The van der Waals surface area contributed by atoms with Crippen LogP contribution in [0.5, 0.6) is 0 Å². The van der Waals surface area contributed by atoms with Crippen molar-refractivity contribution in [2.45, 2.75) is 25.4 Å². The Balaban J connectivity index is 0.00000200. The Kier molecular flexibility index (Phi) is 5.80. The van der Waals surface area contributed by atoms with Gasteiger partial charge in [0.15, 0.2) is 0 Å². The number of nitrogens with zero attached hydrogens (tertiary/aromatic N) is 1. The third-order valence-electron chi connectivity index (χ3n) is 3.07. The zero-order valence-electron chi connectivity index (χ0n) is 11.0. The fraction of sp³-hybridized carbons (Fsp3) is 0.385. The van der Waals surface area contributed by atoms with Crippen LogP contribution in [0.1, 0.15) is 13.3 Å². The van der Waals surface area contributed by atoms with Crippen molar-refractivity contribution in [2.75, 3.05) is 11.4 Å². The molecule has 0 spiro atoms. The standard InChI is InChI=1S/C13H16ClN3O2.ClH/c1-8(15)12(18)16-11-6-7-17(13(11)19)10-4-2-9(14)3-5-10;/h2-5,8,11H,6-7,15H2,1H3,(H,16,18);1H/t8-,11?;/m0./s1. The topological polar surface area (TPSA) is 75.4 Å². The van der Waals surface area contributed by atoms with Gasteiger partial charge in [-0.1, -0.05) is 11.6 Å². The van der Waals surface area contributed by atoms with Gasteiger partial charge in [-0.15, -0.1) is 12.4 Å². The number of hydrogen-bond donors (Lipinski definition) is 2. The number of hydrogen-bond acceptors (Lipinski definition) is 3. The molecular weight excluding hydrogens is 301 g/mol. The van der Waals surface area contributed by atoms with Gasteiger partial charge < -0.3 is 16.0 Å². The summed E-state index contributed by atoms with van der Waals surface area (Å²) < 4.78 is 0. The van der Waals surface area contributed by atoms with E-state index in [-0.39, 0.29) is 24.2 Å². The Morgan fingerprint density at radius 3 is 2.60 bits per heavy atom. The van der Waals surface area contributed by atoms with Crippen LogP contribution in [0.4, 0.5) is 5.69 Å². The normalized spacial score (nSPS) is 19.4. The molecule has 2 rings (SSSR count). The summed E-state index contributed by atoms with van der Waals surface area (Å²) in [5.74, 6) is -0.423. The molecule has 2 amide bonds. The lowest BCUT2D eigenvalue weighted by atomic mass is 10.2. The first kappa shape index (κ1) is 16.8. The van der Waals surface area contributed by atoms with E-state index in [1.54, 1.807) is 36.1 Å².